The van der Waals surface area contributed by atoms with Crippen molar-refractivity contribution in [1.29, 1.82) is 0 Å². The van der Waals surface area contributed by atoms with Crippen LogP contribution in [0, 0.1) is 0 Å². The summed E-state index contributed by atoms with van der Waals surface area (Å²) in [5.41, 5.74) is 2.58. The predicted octanol–water partition coefficient (Wildman–Crippen LogP) is 2.99. The van der Waals surface area contributed by atoms with Crippen molar-refractivity contribution in [3.8, 4) is 0 Å². The van der Waals surface area contributed by atoms with E-state index >= 15 is 0 Å². The van der Waals surface area contributed by atoms with Crippen molar-refractivity contribution in [2.24, 2.45) is 0 Å². The van der Waals surface area contributed by atoms with Gasteiger partial charge < -0.3 is 10.2 Å². The number of benzene rings is 2. The average Bonchev–Trinajstić information content (AvgIpc) is 2.89. The lowest BCUT2D eigenvalue weighted by molar-refractivity contribution is 0.0926. The van der Waals surface area contributed by atoms with Crippen molar-refractivity contribution in [2.45, 2.75) is 18.9 Å². The number of rotatable bonds is 3. The summed E-state index contributed by atoms with van der Waals surface area (Å²) in [6.45, 7) is 2.20. The van der Waals surface area contributed by atoms with E-state index in [4.69, 9.17) is 0 Å². The molecule has 25 heavy (non-hydrogen) atoms. The highest BCUT2D eigenvalue weighted by Gasteiger charge is 2.36. The van der Waals surface area contributed by atoms with Gasteiger partial charge in [-0.25, -0.2) is 4.90 Å². The smallest absolute Gasteiger partial charge is 0.266 e. The summed E-state index contributed by atoms with van der Waals surface area (Å²) < 4.78 is 0. The quantitative estimate of drug-likeness (QED) is 0.876. The van der Waals surface area contributed by atoms with Crippen LogP contribution < -0.4 is 10.2 Å². The molecule has 1 saturated heterocycles. The molecule has 2 aromatic rings. The van der Waals surface area contributed by atoms with Gasteiger partial charge >= 0.3 is 0 Å². The number of likely N-dealkylation sites (tertiary alicyclic amines) is 1. The van der Waals surface area contributed by atoms with Gasteiger partial charge in [0.2, 0.25) is 0 Å². The molecular formula is C20H21N3O2. The third kappa shape index (κ3) is 2.91. The summed E-state index contributed by atoms with van der Waals surface area (Å²) >= 11 is 0. The largest absolute Gasteiger partial charge is 0.382 e. The lowest BCUT2D eigenvalue weighted by atomic mass is 10.1. The third-order valence-electron chi connectivity index (χ3n) is 5.01. The van der Waals surface area contributed by atoms with Crippen LogP contribution in [-0.2, 0) is 0 Å². The van der Waals surface area contributed by atoms with Gasteiger partial charge in [0.15, 0.2) is 0 Å². The van der Waals surface area contributed by atoms with Crippen LogP contribution >= 0.6 is 0 Å². The Kier molecular flexibility index (Phi) is 4.01. The number of hydrogen-bond donors (Lipinski definition) is 1. The molecule has 0 aromatic heterocycles. The van der Waals surface area contributed by atoms with Gasteiger partial charge in [-0.15, -0.1) is 0 Å². The minimum absolute atomic E-state index is 0.253. The van der Waals surface area contributed by atoms with Crippen LogP contribution in [0.2, 0.25) is 0 Å². The summed E-state index contributed by atoms with van der Waals surface area (Å²) in [4.78, 5) is 28.6. The highest BCUT2D eigenvalue weighted by Crippen LogP contribution is 2.29. The maximum atomic E-state index is 12.5. The number of anilines is 2. The van der Waals surface area contributed by atoms with E-state index in [9.17, 15) is 9.59 Å². The molecule has 2 aliphatic rings. The highest BCUT2D eigenvalue weighted by molar-refractivity contribution is 6.34. The summed E-state index contributed by atoms with van der Waals surface area (Å²) in [5, 5.41) is 3.54. The Morgan fingerprint density at radius 2 is 1.44 bits per heavy atom. The first-order chi connectivity index (χ1) is 12.1. The van der Waals surface area contributed by atoms with Crippen LogP contribution in [0.4, 0.5) is 11.4 Å². The van der Waals surface area contributed by atoms with E-state index in [0.29, 0.717) is 22.9 Å². The van der Waals surface area contributed by atoms with Crippen LogP contribution in [0.3, 0.4) is 0 Å². The fourth-order valence-corrected chi connectivity index (χ4v) is 3.52. The van der Waals surface area contributed by atoms with Gasteiger partial charge in [0, 0.05) is 11.7 Å². The Morgan fingerprint density at radius 1 is 0.880 bits per heavy atom. The van der Waals surface area contributed by atoms with E-state index in [1.165, 1.54) is 4.90 Å². The Hall–Kier alpha value is -2.66. The van der Waals surface area contributed by atoms with E-state index < -0.39 is 0 Å². The molecule has 0 bridgehead atoms. The van der Waals surface area contributed by atoms with E-state index in [1.54, 1.807) is 24.3 Å². The van der Waals surface area contributed by atoms with E-state index in [2.05, 4.69) is 17.3 Å². The molecule has 2 aliphatic heterocycles. The Labute approximate surface area is 147 Å². The van der Waals surface area contributed by atoms with Crippen LogP contribution in [-0.4, -0.2) is 42.9 Å². The summed E-state index contributed by atoms with van der Waals surface area (Å²) in [7, 11) is 2.15. The molecule has 5 heteroatoms. The zero-order valence-corrected chi connectivity index (χ0v) is 14.2. The zero-order valence-electron chi connectivity index (χ0n) is 14.2. The van der Waals surface area contributed by atoms with Gasteiger partial charge in [-0.05, 0) is 69.4 Å². The molecule has 1 fully saturated rings. The van der Waals surface area contributed by atoms with Crippen molar-refractivity contribution in [1.82, 2.24) is 4.90 Å². The summed E-state index contributed by atoms with van der Waals surface area (Å²) in [6, 6.07) is 15.0. The molecular weight excluding hydrogens is 314 g/mol. The number of fused-ring (bicyclic) bond motifs is 1. The van der Waals surface area contributed by atoms with E-state index in [-0.39, 0.29) is 11.8 Å². The van der Waals surface area contributed by atoms with Crippen molar-refractivity contribution in [2.75, 3.05) is 30.4 Å². The number of nitrogens with one attached hydrogen (secondary N) is 1. The lowest BCUT2D eigenvalue weighted by Gasteiger charge is -2.30. The van der Waals surface area contributed by atoms with Crippen molar-refractivity contribution >= 4 is 23.2 Å². The number of piperidine rings is 1. The second kappa shape index (κ2) is 6.33. The molecule has 0 atom stereocenters. The molecule has 0 saturated carbocycles. The Morgan fingerprint density at radius 3 is 2.00 bits per heavy atom. The van der Waals surface area contributed by atoms with Gasteiger partial charge in [0.05, 0.1) is 16.8 Å². The third-order valence-corrected chi connectivity index (χ3v) is 5.01. The maximum absolute atomic E-state index is 12.5. The number of amides is 2. The topological polar surface area (TPSA) is 52.6 Å². The molecule has 4 rings (SSSR count). The summed E-state index contributed by atoms with van der Waals surface area (Å²) in [6.07, 6.45) is 2.24. The van der Waals surface area contributed by atoms with Gasteiger partial charge in [-0.3, -0.25) is 9.59 Å². The van der Waals surface area contributed by atoms with Crippen LogP contribution in [0.15, 0.2) is 48.5 Å². The van der Waals surface area contributed by atoms with Gasteiger partial charge in [-0.1, -0.05) is 12.1 Å². The molecule has 0 unspecified atom stereocenters. The first kappa shape index (κ1) is 15.8. The van der Waals surface area contributed by atoms with Crippen molar-refractivity contribution < 1.29 is 9.59 Å². The molecule has 5 nitrogen and oxygen atoms in total. The highest BCUT2D eigenvalue weighted by atomic mass is 16.2. The standard InChI is InChI=1S/C20H21N3O2/c1-22-12-10-15(11-13-22)21-14-6-8-16(9-7-14)23-19(24)17-4-2-3-5-18(17)20(23)25/h2-9,15,21H,10-13H2,1H3. The van der Waals surface area contributed by atoms with Crippen LogP contribution in [0.1, 0.15) is 33.6 Å². The minimum atomic E-state index is -0.253. The number of hydrogen-bond acceptors (Lipinski definition) is 4. The van der Waals surface area contributed by atoms with Crippen LogP contribution in [0.25, 0.3) is 0 Å². The molecule has 2 amide bonds. The minimum Gasteiger partial charge on any atom is -0.382 e. The second-order valence-corrected chi connectivity index (χ2v) is 6.76. The predicted molar refractivity (Wildman–Crippen MR) is 98.2 cm³/mol. The number of imide groups is 1. The van der Waals surface area contributed by atoms with Crippen molar-refractivity contribution in [3.05, 3.63) is 59.7 Å². The number of carbonyl (C=O) groups excluding carboxylic acids is 2. The fourth-order valence-electron chi connectivity index (χ4n) is 3.52. The normalized spacial score (nSPS) is 18.5. The van der Waals surface area contributed by atoms with Crippen molar-refractivity contribution in [3.63, 3.8) is 0 Å². The molecule has 0 radical (unpaired) electrons. The second-order valence-electron chi connectivity index (χ2n) is 6.76. The molecule has 0 aliphatic carbocycles. The SMILES string of the molecule is CN1CCC(Nc2ccc(N3C(=O)c4ccccc4C3=O)cc2)CC1. The Bertz CT molecular complexity index is 773. The molecule has 1 N–H and O–H groups in total. The zero-order chi connectivity index (χ0) is 17.4. The molecule has 0 spiro atoms. The number of carbonyl (C=O) groups is 2. The monoisotopic (exact) mass is 335 g/mol. The first-order valence-corrected chi connectivity index (χ1v) is 8.66. The lowest BCUT2D eigenvalue weighted by Crippen LogP contribution is -2.36. The summed E-state index contributed by atoms with van der Waals surface area (Å²) in [5.74, 6) is -0.506. The first-order valence-electron chi connectivity index (χ1n) is 8.66. The van der Waals surface area contributed by atoms with Gasteiger partial charge in [0.25, 0.3) is 11.8 Å². The Balaban J connectivity index is 1.50. The van der Waals surface area contributed by atoms with E-state index in [1.807, 2.05) is 24.3 Å². The van der Waals surface area contributed by atoms with E-state index in [0.717, 1.165) is 31.6 Å². The number of nitrogens with zero attached hydrogens (tertiary/aromatic N) is 2. The van der Waals surface area contributed by atoms with Crippen LogP contribution in [0.5, 0.6) is 0 Å². The molecule has 2 aromatic carbocycles. The van der Waals surface area contributed by atoms with Gasteiger partial charge in [0.1, 0.15) is 0 Å². The maximum Gasteiger partial charge on any atom is 0.266 e. The van der Waals surface area contributed by atoms with Gasteiger partial charge in [-0.2, -0.15) is 0 Å². The molecule has 128 valence electrons. The molecule has 2 heterocycles. The average molecular weight is 335 g/mol. The fraction of sp³-hybridized carbons (Fsp3) is 0.300.